The van der Waals surface area contributed by atoms with Crippen LogP contribution in [0.5, 0.6) is 0 Å². The summed E-state index contributed by atoms with van der Waals surface area (Å²) in [7, 11) is 9.87. The van der Waals surface area contributed by atoms with Gasteiger partial charge in [-0.25, -0.2) is 0 Å². The molecule has 4 rings (SSSR count). The van der Waals surface area contributed by atoms with Crippen LogP contribution in [0.25, 0.3) is 0 Å². The first-order valence-corrected chi connectivity index (χ1v) is 15.5. The number of hydrogen-bond donors (Lipinski definition) is 0. The molecule has 0 aromatic rings. The summed E-state index contributed by atoms with van der Waals surface area (Å²) < 4.78 is 0. The summed E-state index contributed by atoms with van der Waals surface area (Å²) in [5.41, 5.74) is 0. The van der Waals surface area contributed by atoms with Crippen LogP contribution in [-0.4, -0.2) is 0 Å². The minimum absolute atomic E-state index is 0.826. The molecule has 4 saturated carbocycles. The van der Waals surface area contributed by atoms with Crippen molar-refractivity contribution in [3.63, 3.8) is 0 Å². The van der Waals surface area contributed by atoms with Gasteiger partial charge in [-0.2, -0.15) is 0 Å². The van der Waals surface area contributed by atoms with Crippen LogP contribution in [0.1, 0.15) is 71.6 Å². The van der Waals surface area contributed by atoms with Crippen LogP contribution in [-0.2, 0) is 20.8 Å². The zero-order valence-electron chi connectivity index (χ0n) is 14.8. The molecule has 4 fully saturated rings. The molecule has 0 heterocycles. The summed E-state index contributed by atoms with van der Waals surface area (Å²) in [6, 6.07) is 0. The minimum atomic E-state index is -0.826. The average Bonchev–Trinajstić information content (AvgIpc) is 3.08. The molecule has 0 spiro atoms. The van der Waals surface area contributed by atoms with E-state index >= 15 is 0 Å². The molecule has 0 amide bonds. The predicted octanol–water partition coefficient (Wildman–Crippen LogP) is 6.97. The molecule has 0 aromatic carbocycles. The molecule has 3 heteroatoms. The molecule has 10 radical (unpaired) electrons. The molecular weight excluding hydrogens is 414 g/mol. The molecule has 0 bridgehead atoms. The molecule has 0 atom stereocenters. The van der Waals surface area contributed by atoms with Gasteiger partial charge in [-0.15, -0.1) is 0 Å². The van der Waals surface area contributed by atoms with Crippen LogP contribution in [0.2, 0.25) is 0 Å². The normalized spacial score (nSPS) is 29.2. The molecule has 0 aliphatic heterocycles. The molecule has 126 valence electrons. The fourth-order valence-electron chi connectivity index (χ4n) is 4.63. The van der Waals surface area contributed by atoms with E-state index in [4.69, 9.17) is 17.0 Å². The van der Waals surface area contributed by atoms with Gasteiger partial charge < -0.3 is 0 Å². The maximum atomic E-state index is 4.93. The third kappa shape index (κ3) is 4.47. The average molecular weight is 441 g/mol. The van der Waals surface area contributed by atoms with Crippen LogP contribution >= 0.6 is 17.0 Å². The molecule has 24 heavy (non-hydrogen) atoms. The number of rotatable bonds is 2. The molecule has 0 aromatic heterocycles. The van der Waals surface area contributed by atoms with Crippen LogP contribution in [0.4, 0.5) is 0 Å². The van der Waals surface area contributed by atoms with Gasteiger partial charge in [0.05, 0.1) is 0 Å². The van der Waals surface area contributed by atoms with E-state index in [1.165, 1.54) is 51.4 Å². The Hall–Kier alpha value is 1.46. The molecule has 4 aliphatic rings. The van der Waals surface area contributed by atoms with Crippen molar-refractivity contribution >= 4 is 17.0 Å². The van der Waals surface area contributed by atoms with Crippen molar-refractivity contribution in [3.8, 4) is 0 Å². The van der Waals surface area contributed by atoms with E-state index in [0.717, 1.165) is 6.42 Å². The Balaban J connectivity index is 0.000000526. The van der Waals surface area contributed by atoms with Crippen LogP contribution in [0.15, 0.2) is 0 Å². The van der Waals surface area contributed by atoms with E-state index in [9.17, 15) is 0 Å². The van der Waals surface area contributed by atoms with Crippen molar-refractivity contribution in [1.29, 1.82) is 0 Å². The SMILES string of the molecule is C[C]1[C](C[C]2[CH][C]3CCCC[C]3[C]2C)[CH][C]2CCCC[C]21.[Cl][Zr+2][Cl]. The van der Waals surface area contributed by atoms with Crippen molar-refractivity contribution in [3.05, 3.63) is 60.2 Å². The Morgan fingerprint density at radius 3 is 1.50 bits per heavy atom. The number of hydrogen-bond acceptors (Lipinski definition) is 0. The van der Waals surface area contributed by atoms with Crippen LogP contribution in [0.3, 0.4) is 0 Å². The second-order valence-corrected chi connectivity index (χ2v) is 11.0. The Kier molecular flexibility index (Phi) is 8.08. The van der Waals surface area contributed by atoms with Crippen LogP contribution in [0, 0.1) is 60.2 Å². The van der Waals surface area contributed by atoms with E-state index in [2.05, 4.69) is 26.7 Å². The van der Waals surface area contributed by atoms with E-state index in [1.807, 2.05) is 0 Å². The predicted molar refractivity (Wildman–Crippen MR) is 99.2 cm³/mol. The first-order valence-electron chi connectivity index (χ1n) is 9.15. The van der Waals surface area contributed by atoms with Crippen molar-refractivity contribution in [2.75, 3.05) is 0 Å². The van der Waals surface area contributed by atoms with Gasteiger partial charge in [0.1, 0.15) is 0 Å². The van der Waals surface area contributed by atoms with Crippen LogP contribution < -0.4 is 0 Å². The Labute approximate surface area is 168 Å². The van der Waals surface area contributed by atoms with E-state index in [1.54, 1.807) is 47.3 Å². The summed E-state index contributed by atoms with van der Waals surface area (Å²) in [5.74, 6) is 13.1. The Morgan fingerprint density at radius 1 is 0.750 bits per heavy atom. The monoisotopic (exact) mass is 438 g/mol. The third-order valence-corrected chi connectivity index (χ3v) is 5.97. The molecule has 0 nitrogen and oxygen atoms in total. The van der Waals surface area contributed by atoms with Crippen molar-refractivity contribution in [2.45, 2.75) is 71.6 Å². The Morgan fingerprint density at radius 2 is 1.12 bits per heavy atom. The second kappa shape index (κ2) is 9.60. The molecule has 0 N–H and O–H groups in total. The summed E-state index contributed by atoms with van der Waals surface area (Å²) >= 11 is -0.826. The van der Waals surface area contributed by atoms with Gasteiger partial charge in [-0.05, 0) is 92.3 Å². The molecular formula is C21H26Cl2Zr+2. The van der Waals surface area contributed by atoms with Gasteiger partial charge in [0.2, 0.25) is 0 Å². The standard InChI is InChI=1S/C21H26.2ClH.Zr/c1-14-18(11-16-7-3-5-9-20(14)16)13-19-12-17-8-4-6-10-21(17)15(19)2;;;/h11-12H,3-10,13H2,1-2H3;2*1H;/q;;;+4/p-2. The first-order chi connectivity index (χ1) is 11.7. The summed E-state index contributed by atoms with van der Waals surface area (Å²) in [5, 5.41) is 0. The van der Waals surface area contributed by atoms with Gasteiger partial charge in [-0.1, -0.05) is 39.5 Å². The van der Waals surface area contributed by atoms with Gasteiger partial charge in [0, 0.05) is 0 Å². The van der Waals surface area contributed by atoms with E-state index < -0.39 is 20.8 Å². The maximum absolute atomic E-state index is 4.93. The zero-order valence-corrected chi connectivity index (χ0v) is 18.7. The quantitative estimate of drug-likeness (QED) is 0.435. The van der Waals surface area contributed by atoms with Gasteiger partial charge in [0.15, 0.2) is 0 Å². The van der Waals surface area contributed by atoms with Gasteiger partial charge in [-0.3, -0.25) is 0 Å². The van der Waals surface area contributed by atoms with Crippen molar-refractivity contribution < 1.29 is 20.8 Å². The van der Waals surface area contributed by atoms with Crippen molar-refractivity contribution in [2.24, 2.45) is 0 Å². The van der Waals surface area contributed by atoms with Crippen molar-refractivity contribution in [1.82, 2.24) is 0 Å². The fraction of sp³-hybridized carbons (Fsp3) is 0.524. The van der Waals surface area contributed by atoms with E-state index in [-0.39, 0.29) is 0 Å². The van der Waals surface area contributed by atoms with Gasteiger partial charge in [0.25, 0.3) is 0 Å². The summed E-state index contributed by atoms with van der Waals surface area (Å²) in [6.45, 7) is 4.72. The zero-order chi connectivity index (χ0) is 17.1. The Bertz CT molecular complexity index is 354. The first kappa shape index (κ1) is 20.2. The number of halogens is 2. The molecule has 0 saturated heterocycles. The van der Waals surface area contributed by atoms with Gasteiger partial charge >= 0.3 is 37.9 Å². The summed E-state index contributed by atoms with van der Waals surface area (Å²) in [4.78, 5) is 0. The third-order valence-electron chi connectivity index (χ3n) is 5.97. The topological polar surface area (TPSA) is 0 Å². The summed E-state index contributed by atoms with van der Waals surface area (Å²) in [6.07, 6.45) is 17.0. The second-order valence-electron chi connectivity index (χ2n) is 7.26. The van der Waals surface area contributed by atoms with E-state index in [0.29, 0.717) is 0 Å². The molecule has 0 unspecified atom stereocenters. The molecule has 4 aliphatic carbocycles. The number of fused-ring (bicyclic) bond motifs is 2. The fourth-order valence-corrected chi connectivity index (χ4v) is 4.63.